The quantitative estimate of drug-likeness (QED) is 0.784. The number of halogens is 1. The fourth-order valence-corrected chi connectivity index (χ4v) is 2.51. The van der Waals surface area contributed by atoms with Crippen LogP contribution < -0.4 is 4.74 Å². The number of fused-ring (bicyclic) bond motifs is 1. The van der Waals surface area contributed by atoms with Gasteiger partial charge in [-0.3, -0.25) is 4.98 Å². The molecule has 0 saturated carbocycles. The third kappa shape index (κ3) is 3.29. The van der Waals surface area contributed by atoms with Crippen molar-refractivity contribution in [2.24, 2.45) is 0 Å². The lowest BCUT2D eigenvalue weighted by atomic mass is 9.98. The van der Waals surface area contributed by atoms with Crippen LogP contribution in [-0.2, 0) is 11.2 Å². The second-order valence-corrected chi connectivity index (χ2v) is 5.09. The molecule has 5 heteroatoms. The average molecular weight is 311 g/mol. The maximum Gasteiger partial charge on any atom is 0.341 e. The number of aliphatic carboxylic acids is 1. The third-order valence-corrected chi connectivity index (χ3v) is 3.55. The average Bonchev–Trinajstić information content (AvgIpc) is 2.57. The fourth-order valence-electron chi connectivity index (χ4n) is 2.51. The van der Waals surface area contributed by atoms with Crippen LogP contribution in [0.15, 0.2) is 54.9 Å². The Hall–Kier alpha value is -2.95. The molecule has 0 aliphatic heterocycles. The molecule has 0 atom stereocenters. The number of hydrogen-bond donors (Lipinski definition) is 1. The zero-order valence-electron chi connectivity index (χ0n) is 12.2. The Morgan fingerprint density at radius 3 is 2.65 bits per heavy atom. The van der Waals surface area contributed by atoms with E-state index in [1.54, 1.807) is 36.7 Å². The SMILES string of the molecule is O=C(O)COc1ccncc1Cc1ccc(F)c2ccccc12. The Morgan fingerprint density at radius 2 is 1.87 bits per heavy atom. The monoisotopic (exact) mass is 311 g/mol. The summed E-state index contributed by atoms with van der Waals surface area (Å²) in [6.45, 7) is -0.415. The van der Waals surface area contributed by atoms with Gasteiger partial charge >= 0.3 is 5.97 Å². The first kappa shape index (κ1) is 15.0. The summed E-state index contributed by atoms with van der Waals surface area (Å²) in [4.78, 5) is 14.7. The van der Waals surface area contributed by atoms with E-state index in [0.29, 0.717) is 17.6 Å². The number of nitrogens with zero attached hydrogens (tertiary/aromatic N) is 1. The smallest absolute Gasteiger partial charge is 0.341 e. The Labute approximate surface area is 132 Å². The van der Waals surface area contributed by atoms with Crippen LogP contribution in [0.1, 0.15) is 11.1 Å². The van der Waals surface area contributed by atoms with Crippen LogP contribution in [-0.4, -0.2) is 22.7 Å². The molecule has 0 spiro atoms. The lowest BCUT2D eigenvalue weighted by Crippen LogP contribution is -2.10. The third-order valence-electron chi connectivity index (χ3n) is 3.55. The predicted octanol–water partition coefficient (Wildman–Crippen LogP) is 3.43. The molecule has 0 saturated heterocycles. The number of benzene rings is 2. The van der Waals surface area contributed by atoms with Crippen LogP contribution in [0.2, 0.25) is 0 Å². The van der Waals surface area contributed by atoms with E-state index in [1.807, 2.05) is 12.1 Å². The molecular formula is C18H14FNO3. The highest BCUT2D eigenvalue weighted by molar-refractivity contribution is 5.86. The van der Waals surface area contributed by atoms with Crippen molar-refractivity contribution >= 4 is 16.7 Å². The Bertz CT molecular complexity index is 864. The Balaban J connectivity index is 1.97. The molecular weight excluding hydrogens is 297 g/mol. The van der Waals surface area contributed by atoms with Crippen LogP contribution in [0.3, 0.4) is 0 Å². The van der Waals surface area contributed by atoms with Gasteiger partial charge in [-0.2, -0.15) is 0 Å². The van der Waals surface area contributed by atoms with Crippen LogP contribution in [0, 0.1) is 5.82 Å². The van der Waals surface area contributed by atoms with E-state index in [-0.39, 0.29) is 5.82 Å². The number of ether oxygens (including phenoxy) is 1. The highest BCUT2D eigenvalue weighted by Gasteiger charge is 2.10. The molecule has 116 valence electrons. The maximum atomic E-state index is 13.9. The molecule has 0 bridgehead atoms. The van der Waals surface area contributed by atoms with Gasteiger partial charge in [-0.25, -0.2) is 9.18 Å². The highest BCUT2D eigenvalue weighted by atomic mass is 19.1. The molecule has 0 radical (unpaired) electrons. The molecule has 0 amide bonds. The molecule has 1 heterocycles. The first-order chi connectivity index (χ1) is 11.1. The molecule has 3 aromatic rings. The maximum absolute atomic E-state index is 13.9. The summed E-state index contributed by atoms with van der Waals surface area (Å²) in [6, 6.07) is 12.0. The van der Waals surface area contributed by atoms with Crippen molar-refractivity contribution in [3.05, 3.63) is 71.8 Å². The molecule has 2 aromatic carbocycles. The lowest BCUT2D eigenvalue weighted by molar-refractivity contribution is -0.139. The Morgan fingerprint density at radius 1 is 1.09 bits per heavy atom. The first-order valence-corrected chi connectivity index (χ1v) is 7.09. The van der Waals surface area contributed by atoms with Gasteiger partial charge in [0.25, 0.3) is 0 Å². The van der Waals surface area contributed by atoms with Gasteiger partial charge in [0.1, 0.15) is 11.6 Å². The summed E-state index contributed by atoms with van der Waals surface area (Å²) >= 11 is 0. The van der Waals surface area contributed by atoms with Crippen molar-refractivity contribution in [2.45, 2.75) is 6.42 Å². The number of rotatable bonds is 5. The summed E-state index contributed by atoms with van der Waals surface area (Å²) in [6.07, 6.45) is 3.66. The van der Waals surface area contributed by atoms with Crippen molar-refractivity contribution in [3.8, 4) is 5.75 Å². The number of carbonyl (C=O) groups is 1. The number of hydrogen-bond acceptors (Lipinski definition) is 3. The molecule has 4 nitrogen and oxygen atoms in total. The first-order valence-electron chi connectivity index (χ1n) is 7.09. The van der Waals surface area contributed by atoms with Crippen LogP contribution >= 0.6 is 0 Å². The summed E-state index contributed by atoms with van der Waals surface area (Å²) in [5, 5.41) is 10.1. The second-order valence-electron chi connectivity index (χ2n) is 5.09. The molecule has 1 aromatic heterocycles. The van der Waals surface area contributed by atoms with Crippen molar-refractivity contribution < 1.29 is 19.0 Å². The van der Waals surface area contributed by atoms with Crippen molar-refractivity contribution in [1.82, 2.24) is 4.98 Å². The van der Waals surface area contributed by atoms with Crippen LogP contribution in [0.5, 0.6) is 5.75 Å². The van der Waals surface area contributed by atoms with Gasteiger partial charge in [-0.15, -0.1) is 0 Å². The fraction of sp³-hybridized carbons (Fsp3) is 0.111. The van der Waals surface area contributed by atoms with E-state index in [2.05, 4.69) is 4.98 Å². The number of carboxylic acids is 1. The zero-order chi connectivity index (χ0) is 16.2. The lowest BCUT2D eigenvalue weighted by Gasteiger charge is -2.11. The molecule has 23 heavy (non-hydrogen) atoms. The van der Waals surface area contributed by atoms with E-state index in [0.717, 1.165) is 16.5 Å². The molecule has 0 aliphatic rings. The molecule has 3 rings (SSSR count). The molecule has 1 N–H and O–H groups in total. The van der Waals surface area contributed by atoms with E-state index in [1.165, 1.54) is 6.07 Å². The predicted molar refractivity (Wildman–Crippen MR) is 84.1 cm³/mol. The minimum absolute atomic E-state index is 0.266. The molecule has 0 unspecified atom stereocenters. The highest BCUT2D eigenvalue weighted by Crippen LogP contribution is 2.27. The number of carboxylic acid groups (broad SMARTS) is 1. The van der Waals surface area contributed by atoms with E-state index in [9.17, 15) is 9.18 Å². The van der Waals surface area contributed by atoms with E-state index in [4.69, 9.17) is 9.84 Å². The van der Waals surface area contributed by atoms with E-state index < -0.39 is 12.6 Å². The molecule has 0 fully saturated rings. The molecule has 0 aliphatic carbocycles. The summed E-state index contributed by atoms with van der Waals surface area (Å²) in [5.41, 5.74) is 1.68. The zero-order valence-corrected chi connectivity index (χ0v) is 12.2. The normalized spacial score (nSPS) is 10.7. The minimum Gasteiger partial charge on any atom is -0.481 e. The summed E-state index contributed by atoms with van der Waals surface area (Å²) in [7, 11) is 0. The Kier molecular flexibility index (Phi) is 4.19. The number of pyridine rings is 1. The van der Waals surface area contributed by atoms with Crippen molar-refractivity contribution in [3.63, 3.8) is 0 Å². The van der Waals surface area contributed by atoms with Gasteiger partial charge in [0.15, 0.2) is 6.61 Å². The van der Waals surface area contributed by atoms with Crippen molar-refractivity contribution in [2.75, 3.05) is 6.61 Å². The standard InChI is InChI=1S/C18H14FNO3/c19-16-6-5-12(14-3-1-2-4-15(14)16)9-13-10-20-8-7-17(13)23-11-18(21)22/h1-8,10H,9,11H2,(H,21,22). The van der Waals surface area contributed by atoms with Crippen LogP contribution in [0.25, 0.3) is 10.8 Å². The van der Waals surface area contributed by atoms with Crippen LogP contribution in [0.4, 0.5) is 4.39 Å². The van der Waals surface area contributed by atoms with Crippen molar-refractivity contribution in [1.29, 1.82) is 0 Å². The second kappa shape index (κ2) is 6.44. The largest absolute Gasteiger partial charge is 0.481 e. The summed E-state index contributed by atoms with van der Waals surface area (Å²) in [5.74, 6) is -0.839. The van der Waals surface area contributed by atoms with Gasteiger partial charge in [-0.1, -0.05) is 30.3 Å². The van der Waals surface area contributed by atoms with Gasteiger partial charge in [-0.05, 0) is 23.1 Å². The minimum atomic E-state index is -1.04. The van der Waals surface area contributed by atoms with Gasteiger partial charge in [0.2, 0.25) is 0 Å². The number of aromatic nitrogens is 1. The summed E-state index contributed by atoms with van der Waals surface area (Å²) < 4.78 is 19.2. The van der Waals surface area contributed by atoms with E-state index >= 15 is 0 Å². The van der Waals surface area contributed by atoms with Gasteiger partial charge in [0.05, 0.1) is 0 Å². The van der Waals surface area contributed by atoms with Gasteiger partial charge in [0, 0.05) is 29.8 Å². The topological polar surface area (TPSA) is 59.4 Å². The van der Waals surface area contributed by atoms with Gasteiger partial charge < -0.3 is 9.84 Å².